The molecule has 116 valence electrons. The molecule has 1 aromatic carbocycles. The van der Waals surface area contributed by atoms with E-state index in [1.165, 1.54) is 0 Å². The first-order valence-corrected chi connectivity index (χ1v) is 7.73. The zero-order chi connectivity index (χ0) is 16.0. The maximum absolute atomic E-state index is 12.8. The number of nitrogens with one attached hydrogen (secondary N) is 1. The highest BCUT2D eigenvalue weighted by molar-refractivity contribution is 5.97. The van der Waals surface area contributed by atoms with Crippen LogP contribution < -0.4 is 0 Å². The summed E-state index contributed by atoms with van der Waals surface area (Å²) in [6.45, 7) is 5.05. The van der Waals surface area contributed by atoms with Gasteiger partial charge in [0.1, 0.15) is 11.6 Å². The predicted octanol–water partition coefficient (Wildman–Crippen LogP) is 2.38. The van der Waals surface area contributed by atoms with Crippen LogP contribution in [0.1, 0.15) is 40.2 Å². The summed E-state index contributed by atoms with van der Waals surface area (Å²) in [5.74, 6) is 1.68. The molecular weight excluding hydrogens is 290 g/mol. The summed E-state index contributed by atoms with van der Waals surface area (Å²) in [6, 6.07) is 5.57. The van der Waals surface area contributed by atoms with Crippen LogP contribution in [0.5, 0.6) is 0 Å². The third kappa shape index (κ3) is 2.36. The van der Waals surface area contributed by atoms with Crippen molar-refractivity contribution in [2.45, 2.75) is 33.4 Å². The minimum atomic E-state index is 0.00945. The van der Waals surface area contributed by atoms with Crippen molar-refractivity contribution in [3.8, 4) is 0 Å². The van der Waals surface area contributed by atoms with Crippen molar-refractivity contribution >= 4 is 16.9 Å². The molecule has 0 bridgehead atoms. The van der Waals surface area contributed by atoms with Crippen LogP contribution in [0.3, 0.4) is 0 Å². The Balaban J connectivity index is 1.61. The Morgan fingerprint density at radius 1 is 1.30 bits per heavy atom. The summed E-state index contributed by atoms with van der Waals surface area (Å²) >= 11 is 0. The molecule has 1 aliphatic heterocycles. The Hall–Kier alpha value is -2.76. The van der Waals surface area contributed by atoms with E-state index in [0.29, 0.717) is 18.7 Å². The Morgan fingerprint density at radius 3 is 3.00 bits per heavy atom. The second-order valence-electron chi connectivity index (χ2n) is 5.83. The van der Waals surface area contributed by atoms with Crippen LogP contribution in [-0.4, -0.2) is 30.7 Å². The topological polar surface area (TPSA) is 74.8 Å². The van der Waals surface area contributed by atoms with Gasteiger partial charge < -0.3 is 9.88 Å². The van der Waals surface area contributed by atoms with Crippen molar-refractivity contribution in [1.29, 1.82) is 0 Å². The van der Waals surface area contributed by atoms with Gasteiger partial charge in [0.15, 0.2) is 0 Å². The second kappa shape index (κ2) is 5.15. The molecule has 0 unspecified atom stereocenters. The molecule has 3 aromatic rings. The summed E-state index contributed by atoms with van der Waals surface area (Å²) in [4.78, 5) is 31.0. The van der Waals surface area contributed by atoms with Crippen molar-refractivity contribution in [2.75, 3.05) is 0 Å². The van der Waals surface area contributed by atoms with Crippen molar-refractivity contribution in [2.24, 2.45) is 0 Å². The average molecular weight is 307 g/mol. The number of hydrogen-bond donors (Lipinski definition) is 1. The van der Waals surface area contributed by atoms with Crippen LogP contribution in [-0.2, 0) is 19.5 Å². The van der Waals surface area contributed by atoms with Crippen molar-refractivity contribution < 1.29 is 4.79 Å². The number of aromatic nitrogens is 4. The van der Waals surface area contributed by atoms with Crippen molar-refractivity contribution in [3.05, 3.63) is 52.9 Å². The van der Waals surface area contributed by atoms with Gasteiger partial charge in [-0.1, -0.05) is 6.92 Å². The number of carbonyl (C=O) groups excluding carboxylic acids is 1. The van der Waals surface area contributed by atoms with Gasteiger partial charge in [-0.25, -0.2) is 15.0 Å². The van der Waals surface area contributed by atoms with Crippen LogP contribution in [0.2, 0.25) is 0 Å². The summed E-state index contributed by atoms with van der Waals surface area (Å²) in [5, 5.41) is 0. The van der Waals surface area contributed by atoms with Gasteiger partial charge >= 0.3 is 0 Å². The molecule has 0 aliphatic carbocycles. The van der Waals surface area contributed by atoms with Gasteiger partial charge in [0.2, 0.25) is 0 Å². The fourth-order valence-corrected chi connectivity index (χ4v) is 2.96. The average Bonchev–Trinajstić information content (AvgIpc) is 3.14. The normalized spacial score (nSPS) is 13.6. The second-order valence-corrected chi connectivity index (χ2v) is 5.83. The van der Waals surface area contributed by atoms with Gasteiger partial charge in [0.25, 0.3) is 5.91 Å². The van der Waals surface area contributed by atoms with E-state index < -0.39 is 0 Å². The fraction of sp³-hybridized carbons (Fsp3) is 0.294. The molecule has 2 aromatic heterocycles. The SMILES string of the molecule is CCc1ncc2c(n1)CN(C(=O)c1ccc3nc(C)[nH]c3c1)C2. The molecule has 0 spiro atoms. The number of fused-ring (bicyclic) bond motifs is 2. The van der Waals surface area contributed by atoms with Crippen molar-refractivity contribution in [3.63, 3.8) is 0 Å². The lowest BCUT2D eigenvalue weighted by Gasteiger charge is -2.14. The molecule has 0 fully saturated rings. The molecule has 3 heterocycles. The summed E-state index contributed by atoms with van der Waals surface area (Å²) < 4.78 is 0. The maximum atomic E-state index is 12.8. The monoisotopic (exact) mass is 307 g/mol. The minimum absolute atomic E-state index is 0.00945. The number of imidazole rings is 1. The van der Waals surface area contributed by atoms with E-state index in [0.717, 1.165) is 40.4 Å². The fourth-order valence-electron chi connectivity index (χ4n) is 2.96. The first-order chi connectivity index (χ1) is 11.1. The Bertz CT molecular complexity index is 914. The van der Waals surface area contributed by atoms with E-state index in [1.807, 2.05) is 43.1 Å². The third-order valence-electron chi connectivity index (χ3n) is 4.16. The third-order valence-corrected chi connectivity index (χ3v) is 4.16. The van der Waals surface area contributed by atoms with Gasteiger partial charge in [-0.2, -0.15) is 0 Å². The molecule has 0 atom stereocenters. The molecule has 6 nitrogen and oxygen atoms in total. The van der Waals surface area contributed by atoms with Crippen LogP contribution in [0.4, 0.5) is 0 Å². The molecule has 4 rings (SSSR count). The lowest BCUT2D eigenvalue weighted by molar-refractivity contribution is 0.0750. The van der Waals surface area contributed by atoms with E-state index in [4.69, 9.17) is 0 Å². The van der Waals surface area contributed by atoms with E-state index in [-0.39, 0.29) is 5.91 Å². The van der Waals surface area contributed by atoms with Gasteiger partial charge in [-0.15, -0.1) is 0 Å². The van der Waals surface area contributed by atoms with Gasteiger partial charge in [0.05, 0.1) is 23.3 Å². The van der Waals surface area contributed by atoms with Crippen LogP contribution in [0, 0.1) is 6.92 Å². The molecule has 0 saturated carbocycles. The molecule has 23 heavy (non-hydrogen) atoms. The quantitative estimate of drug-likeness (QED) is 0.789. The van der Waals surface area contributed by atoms with Crippen LogP contribution in [0.25, 0.3) is 11.0 Å². The van der Waals surface area contributed by atoms with Gasteiger partial charge in [-0.05, 0) is 25.1 Å². The van der Waals surface area contributed by atoms with Crippen molar-refractivity contribution in [1.82, 2.24) is 24.8 Å². The molecule has 6 heteroatoms. The highest BCUT2D eigenvalue weighted by Gasteiger charge is 2.26. The molecule has 0 radical (unpaired) electrons. The predicted molar refractivity (Wildman–Crippen MR) is 85.8 cm³/mol. The van der Waals surface area contributed by atoms with E-state index in [2.05, 4.69) is 19.9 Å². The Labute approximate surface area is 133 Å². The van der Waals surface area contributed by atoms with E-state index in [1.54, 1.807) is 0 Å². The molecule has 0 saturated heterocycles. The van der Waals surface area contributed by atoms with E-state index >= 15 is 0 Å². The zero-order valence-corrected chi connectivity index (χ0v) is 13.1. The highest BCUT2D eigenvalue weighted by Crippen LogP contribution is 2.23. The number of hydrogen-bond acceptors (Lipinski definition) is 4. The van der Waals surface area contributed by atoms with E-state index in [9.17, 15) is 4.79 Å². The minimum Gasteiger partial charge on any atom is -0.342 e. The number of amides is 1. The number of carbonyl (C=O) groups is 1. The first-order valence-electron chi connectivity index (χ1n) is 7.73. The molecule has 1 amide bonds. The molecule has 1 N–H and O–H groups in total. The van der Waals surface area contributed by atoms with Crippen LogP contribution in [0.15, 0.2) is 24.4 Å². The number of aryl methyl sites for hydroxylation is 2. The number of aromatic amines is 1. The highest BCUT2D eigenvalue weighted by atomic mass is 16.2. The smallest absolute Gasteiger partial charge is 0.254 e. The van der Waals surface area contributed by atoms with Gasteiger partial charge in [0, 0.05) is 30.3 Å². The summed E-state index contributed by atoms with van der Waals surface area (Å²) in [5.41, 5.74) is 4.43. The molecular formula is C17H17N5O. The first kappa shape index (κ1) is 13.9. The number of H-pyrrole nitrogens is 1. The largest absolute Gasteiger partial charge is 0.342 e. The summed E-state index contributed by atoms with van der Waals surface area (Å²) in [7, 11) is 0. The van der Waals surface area contributed by atoms with Gasteiger partial charge in [-0.3, -0.25) is 4.79 Å². The maximum Gasteiger partial charge on any atom is 0.254 e. The number of rotatable bonds is 2. The lowest BCUT2D eigenvalue weighted by atomic mass is 10.2. The lowest BCUT2D eigenvalue weighted by Crippen LogP contribution is -2.25. The Kier molecular flexibility index (Phi) is 3.11. The standard InChI is InChI=1S/C17H17N5O/c1-3-16-18-7-12-8-22(9-15(12)21-16)17(23)11-4-5-13-14(6-11)20-10(2)19-13/h4-7H,3,8-9H2,1-2H3,(H,19,20). The summed E-state index contributed by atoms with van der Waals surface area (Å²) in [6.07, 6.45) is 2.65. The number of nitrogens with zero attached hydrogens (tertiary/aromatic N) is 4. The number of benzene rings is 1. The van der Waals surface area contributed by atoms with Crippen LogP contribution >= 0.6 is 0 Å². The zero-order valence-electron chi connectivity index (χ0n) is 13.1. The Morgan fingerprint density at radius 2 is 2.17 bits per heavy atom. The molecule has 1 aliphatic rings.